The van der Waals surface area contributed by atoms with Gasteiger partial charge in [0.2, 0.25) is 0 Å². The van der Waals surface area contributed by atoms with Gasteiger partial charge < -0.3 is 5.11 Å². The second-order valence-electron chi connectivity index (χ2n) is 4.52. The largest absolute Gasteiger partial charge is 0.393 e. The molecule has 4 heteroatoms. The molecule has 0 radical (unpaired) electrons. The number of aromatic nitrogens is 2. The Bertz CT molecular complexity index is 307. The number of nitrogens with zero attached hydrogens (tertiary/aromatic N) is 3. The number of aliphatic hydroxyl groups is 1. The van der Waals surface area contributed by atoms with Gasteiger partial charge in [-0.3, -0.25) is 4.90 Å². The highest BCUT2D eigenvalue weighted by atomic mass is 16.3. The Morgan fingerprint density at radius 1 is 1.38 bits per heavy atom. The third-order valence-electron chi connectivity index (χ3n) is 3.30. The van der Waals surface area contributed by atoms with Crippen LogP contribution in [-0.2, 0) is 6.54 Å². The molecule has 0 saturated carbocycles. The summed E-state index contributed by atoms with van der Waals surface area (Å²) in [7, 11) is 0. The van der Waals surface area contributed by atoms with Gasteiger partial charge in [0.1, 0.15) is 5.82 Å². The normalized spacial score (nSPS) is 20.9. The Hall–Kier alpha value is -1.00. The summed E-state index contributed by atoms with van der Waals surface area (Å²) in [6.45, 7) is 4.79. The van der Waals surface area contributed by atoms with E-state index in [2.05, 4.69) is 14.9 Å². The molecule has 2 rings (SSSR count). The Kier molecular flexibility index (Phi) is 3.85. The van der Waals surface area contributed by atoms with Crippen molar-refractivity contribution in [3.05, 3.63) is 24.3 Å². The van der Waals surface area contributed by atoms with Gasteiger partial charge in [-0.2, -0.15) is 0 Å². The molecule has 1 aromatic rings. The average molecular weight is 221 g/mol. The van der Waals surface area contributed by atoms with Crippen molar-refractivity contribution in [2.75, 3.05) is 13.1 Å². The molecule has 0 spiro atoms. The monoisotopic (exact) mass is 221 g/mol. The van der Waals surface area contributed by atoms with Crippen LogP contribution in [-0.4, -0.2) is 39.2 Å². The third-order valence-corrected chi connectivity index (χ3v) is 3.30. The molecule has 0 amide bonds. The predicted octanol–water partition coefficient (Wildman–Crippen LogP) is 1.07. The average Bonchev–Trinajstić information content (AvgIpc) is 2.31. The molecular weight excluding hydrogens is 202 g/mol. The summed E-state index contributed by atoms with van der Waals surface area (Å²) in [6, 6.07) is 1.84. The molecule has 16 heavy (non-hydrogen) atoms. The van der Waals surface area contributed by atoms with Crippen LogP contribution in [0.25, 0.3) is 0 Å². The van der Waals surface area contributed by atoms with Gasteiger partial charge in [-0.15, -0.1) is 0 Å². The van der Waals surface area contributed by atoms with Gasteiger partial charge in [-0.05, 0) is 44.8 Å². The summed E-state index contributed by atoms with van der Waals surface area (Å²) in [5.74, 6) is 1.35. The molecule has 1 aromatic heterocycles. The lowest BCUT2D eigenvalue weighted by atomic mass is 9.92. The van der Waals surface area contributed by atoms with Gasteiger partial charge in [0.25, 0.3) is 0 Å². The number of aliphatic hydroxyl groups excluding tert-OH is 1. The zero-order valence-electron chi connectivity index (χ0n) is 9.71. The molecular formula is C12H19N3O. The summed E-state index contributed by atoms with van der Waals surface area (Å²) < 4.78 is 0. The fourth-order valence-electron chi connectivity index (χ4n) is 2.21. The maximum absolute atomic E-state index is 9.51. The minimum absolute atomic E-state index is 0.171. The van der Waals surface area contributed by atoms with E-state index in [1.54, 1.807) is 12.4 Å². The predicted molar refractivity (Wildman–Crippen MR) is 61.7 cm³/mol. The van der Waals surface area contributed by atoms with Gasteiger partial charge in [0, 0.05) is 12.4 Å². The van der Waals surface area contributed by atoms with Crippen LogP contribution in [0, 0.1) is 5.92 Å². The molecule has 88 valence electrons. The summed E-state index contributed by atoms with van der Waals surface area (Å²) in [6.07, 6.45) is 5.54. The van der Waals surface area contributed by atoms with Gasteiger partial charge in [-0.25, -0.2) is 9.97 Å². The Balaban J connectivity index is 1.82. The third kappa shape index (κ3) is 3.00. The van der Waals surface area contributed by atoms with Crippen LogP contribution in [0.4, 0.5) is 0 Å². The molecule has 4 nitrogen and oxygen atoms in total. The van der Waals surface area contributed by atoms with E-state index in [1.165, 1.54) is 0 Å². The van der Waals surface area contributed by atoms with E-state index in [-0.39, 0.29) is 6.10 Å². The van der Waals surface area contributed by atoms with Crippen molar-refractivity contribution in [2.24, 2.45) is 5.92 Å². The Morgan fingerprint density at radius 3 is 2.56 bits per heavy atom. The highest BCUT2D eigenvalue weighted by Gasteiger charge is 2.22. The van der Waals surface area contributed by atoms with Crippen molar-refractivity contribution in [1.29, 1.82) is 0 Å². The fourth-order valence-corrected chi connectivity index (χ4v) is 2.21. The van der Waals surface area contributed by atoms with Crippen molar-refractivity contribution >= 4 is 0 Å². The first-order chi connectivity index (χ1) is 7.75. The van der Waals surface area contributed by atoms with Crippen LogP contribution in [0.15, 0.2) is 18.5 Å². The molecule has 1 N–H and O–H groups in total. The van der Waals surface area contributed by atoms with E-state index < -0.39 is 0 Å². The molecule has 0 bridgehead atoms. The standard InChI is InChI=1S/C12H19N3O/c1-10(16)11-3-7-15(8-4-11)9-12-13-5-2-6-14-12/h2,5-6,10-11,16H,3-4,7-9H2,1H3. The van der Waals surface area contributed by atoms with Crippen molar-refractivity contribution in [3.63, 3.8) is 0 Å². The Morgan fingerprint density at radius 2 is 2.00 bits per heavy atom. The smallest absolute Gasteiger partial charge is 0.142 e. The molecule has 1 atom stereocenters. The molecule has 1 unspecified atom stereocenters. The summed E-state index contributed by atoms with van der Waals surface area (Å²) in [5.41, 5.74) is 0. The summed E-state index contributed by atoms with van der Waals surface area (Å²) >= 11 is 0. The number of hydrogen-bond acceptors (Lipinski definition) is 4. The number of rotatable bonds is 3. The lowest BCUT2D eigenvalue weighted by Gasteiger charge is -2.32. The van der Waals surface area contributed by atoms with Gasteiger partial charge in [0.15, 0.2) is 0 Å². The molecule has 0 aliphatic carbocycles. The Labute approximate surface area is 96.3 Å². The maximum Gasteiger partial charge on any atom is 0.142 e. The van der Waals surface area contributed by atoms with E-state index in [4.69, 9.17) is 0 Å². The zero-order valence-corrected chi connectivity index (χ0v) is 9.71. The highest BCUT2D eigenvalue weighted by Crippen LogP contribution is 2.21. The molecule has 1 aliphatic rings. The SMILES string of the molecule is CC(O)C1CCN(Cc2ncccn2)CC1. The van der Waals surface area contributed by atoms with E-state index in [9.17, 15) is 5.11 Å². The van der Waals surface area contributed by atoms with Crippen LogP contribution in [0.2, 0.25) is 0 Å². The van der Waals surface area contributed by atoms with Crippen molar-refractivity contribution < 1.29 is 5.11 Å². The van der Waals surface area contributed by atoms with E-state index in [0.717, 1.165) is 38.3 Å². The maximum atomic E-state index is 9.51. The van der Waals surface area contributed by atoms with E-state index in [0.29, 0.717) is 5.92 Å². The number of likely N-dealkylation sites (tertiary alicyclic amines) is 1. The van der Waals surface area contributed by atoms with Crippen molar-refractivity contribution in [2.45, 2.75) is 32.4 Å². The fraction of sp³-hybridized carbons (Fsp3) is 0.667. The molecule has 0 aromatic carbocycles. The second kappa shape index (κ2) is 5.37. The van der Waals surface area contributed by atoms with Crippen LogP contribution in [0.1, 0.15) is 25.6 Å². The minimum Gasteiger partial charge on any atom is -0.393 e. The summed E-state index contributed by atoms with van der Waals surface area (Å²) in [5, 5.41) is 9.51. The first-order valence-electron chi connectivity index (χ1n) is 5.92. The lowest BCUT2D eigenvalue weighted by Crippen LogP contribution is -2.36. The molecule has 2 heterocycles. The van der Waals surface area contributed by atoms with Crippen LogP contribution >= 0.6 is 0 Å². The lowest BCUT2D eigenvalue weighted by molar-refractivity contribution is 0.0687. The number of hydrogen-bond donors (Lipinski definition) is 1. The van der Waals surface area contributed by atoms with E-state index >= 15 is 0 Å². The second-order valence-corrected chi connectivity index (χ2v) is 4.52. The van der Waals surface area contributed by atoms with Gasteiger partial charge in [0.05, 0.1) is 12.6 Å². The molecule has 1 fully saturated rings. The first-order valence-corrected chi connectivity index (χ1v) is 5.92. The van der Waals surface area contributed by atoms with Gasteiger partial charge >= 0.3 is 0 Å². The van der Waals surface area contributed by atoms with Crippen molar-refractivity contribution in [1.82, 2.24) is 14.9 Å². The van der Waals surface area contributed by atoms with Gasteiger partial charge in [-0.1, -0.05) is 0 Å². The molecule has 1 saturated heterocycles. The van der Waals surface area contributed by atoms with Crippen LogP contribution < -0.4 is 0 Å². The van der Waals surface area contributed by atoms with Crippen LogP contribution in [0.5, 0.6) is 0 Å². The van der Waals surface area contributed by atoms with Crippen molar-refractivity contribution in [3.8, 4) is 0 Å². The first kappa shape index (κ1) is 11.5. The quantitative estimate of drug-likeness (QED) is 0.829. The minimum atomic E-state index is -0.171. The van der Waals surface area contributed by atoms with E-state index in [1.807, 2.05) is 13.0 Å². The summed E-state index contributed by atoms with van der Waals surface area (Å²) in [4.78, 5) is 10.8. The topological polar surface area (TPSA) is 49.2 Å². The van der Waals surface area contributed by atoms with Crippen LogP contribution in [0.3, 0.4) is 0 Å². The number of piperidine rings is 1. The molecule has 1 aliphatic heterocycles. The zero-order chi connectivity index (χ0) is 11.4. The highest BCUT2D eigenvalue weighted by molar-refractivity contribution is 4.89.